The fourth-order valence-corrected chi connectivity index (χ4v) is 3.22. The van der Waals surface area contributed by atoms with Gasteiger partial charge in [-0.15, -0.1) is 0 Å². The number of amides is 1. The van der Waals surface area contributed by atoms with Gasteiger partial charge in [0, 0.05) is 6.54 Å². The van der Waals surface area contributed by atoms with Crippen LogP contribution in [-0.2, 0) is 0 Å². The highest BCUT2D eigenvalue weighted by atomic mass is 16.5. The number of nitrogens with zero attached hydrogens (tertiary/aromatic N) is 1. The van der Waals surface area contributed by atoms with Crippen LogP contribution in [0, 0.1) is 0 Å². The van der Waals surface area contributed by atoms with Gasteiger partial charge in [-0.2, -0.15) is 0 Å². The molecule has 1 aromatic heterocycles. The normalized spacial score (nSPS) is 15.9. The van der Waals surface area contributed by atoms with Gasteiger partial charge in [-0.05, 0) is 56.6 Å². The van der Waals surface area contributed by atoms with Gasteiger partial charge in [0.05, 0.1) is 24.5 Å². The first-order valence-electron chi connectivity index (χ1n) is 9.07. The van der Waals surface area contributed by atoms with Crippen molar-refractivity contribution in [2.45, 2.75) is 32.2 Å². The lowest BCUT2D eigenvalue weighted by atomic mass is 10.1. The molecule has 0 radical (unpaired) electrons. The number of furan rings is 1. The average Bonchev–Trinajstić information content (AvgIpc) is 3.34. The van der Waals surface area contributed by atoms with Gasteiger partial charge >= 0.3 is 0 Å². The first-order chi connectivity index (χ1) is 12.3. The molecule has 1 N–H and O–H groups in total. The summed E-state index contributed by atoms with van der Waals surface area (Å²) >= 11 is 0. The largest absolute Gasteiger partial charge is 0.493 e. The summed E-state index contributed by atoms with van der Waals surface area (Å²) in [7, 11) is 0. The van der Waals surface area contributed by atoms with Gasteiger partial charge in [0.1, 0.15) is 11.5 Å². The Kier molecular flexibility index (Phi) is 6.12. The maximum absolute atomic E-state index is 12.7. The first-order valence-corrected chi connectivity index (χ1v) is 9.07. The molecule has 1 aliphatic rings. The van der Waals surface area contributed by atoms with Crippen molar-refractivity contribution in [3.8, 4) is 5.75 Å². The summed E-state index contributed by atoms with van der Waals surface area (Å²) in [6.07, 6.45) is 4.98. The van der Waals surface area contributed by atoms with Crippen LogP contribution in [0.25, 0.3) is 0 Å². The summed E-state index contributed by atoms with van der Waals surface area (Å²) in [5.74, 6) is 1.43. The molecule has 1 aliphatic heterocycles. The molecule has 5 nitrogen and oxygen atoms in total. The summed E-state index contributed by atoms with van der Waals surface area (Å²) in [6, 6.07) is 11.3. The number of nitrogens with one attached hydrogen (secondary N) is 1. The predicted molar refractivity (Wildman–Crippen MR) is 96.8 cm³/mol. The van der Waals surface area contributed by atoms with Crippen LogP contribution >= 0.6 is 0 Å². The van der Waals surface area contributed by atoms with Gasteiger partial charge < -0.3 is 14.5 Å². The second kappa shape index (κ2) is 8.72. The van der Waals surface area contributed by atoms with Crippen LogP contribution in [0.15, 0.2) is 47.1 Å². The number of carbonyl (C=O) groups excluding carboxylic acids is 1. The predicted octanol–water partition coefficient (Wildman–Crippen LogP) is 3.64. The van der Waals surface area contributed by atoms with E-state index in [1.54, 1.807) is 12.3 Å². The second-order valence-electron chi connectivity index (χ2n) is 6.33. The summed E-state index contributed by atoms with van der Waals surface area (Å²) in [5, 5.41) is 3.06. The zero-order valence-electron chi connectivity index (χ0n) is 14.7. The van der Waals surface area contributed by atoms with E-state index in [9.17, 15) is 4.79 Å². The third-order valence-electron chi connectivity index (χ3n) is 4.50. The van der Waals surface area contributed by atoms with Gasteiger partial charge in [0.25, 0.3) is 5.91 Å². The number of hydrogen-bond acceptors (Lipinski definition) is 4. The Morgan fingerprint density at radius 1 is 1.24 bits per heavy atom. The summed E-state index contributed by atoms with van der Waals surface area (Å²) in [5.41, 5.74) is 0.579. The number of benzene rings is 1. The number of likely N-dealkylation sites (tertiary alicyclic amines) is 1. The molecule has 1 atom stereocenters. The lowest BCUT2D eigenvalue weighted by molar-refractivity contribution is 0.0929. The third kappa shape index (κ3) is 4.42. The van der Waals surface area contributed by atoms with E-state index in [4.69, 9.17) is 9.15 Å². The SMILES string of the molecule is CCCOc1ccccc1C(=O)NC[C@H](c1ccco1)N1CCCC1. The van der Waals surface area contributed by atoms with Gasteiger partial charge in [-0.1, -0.05) is 19.1 Å². The maximum atomic E-state index is 12.7. The Morgan fingerprint density at radius 2 is 2.04 bits per heavy atom. The van der Waals surface area contributed by atoms with Crippen molar-refractivity contribution in [3.63, 3.8) is 0 Å². The summed E-state index contributed by atoms with van der Waals surface area (Å²) < 4.78 is 11.3. The number of para-hydroxylation sites is 1. The molecular formula is C20H26N2O3. The van der Waals surface area contributed by atoms with E-state index in [1.807, 2.05) is 37.3 Å². The van der Waals surface area contributed by atoms with Crippen LogP contribution < -0.4 is 10.1 Å². The third-order valence-corrected chi connectivity index (χ3v) is 4.50. The highest BCUT2D eigenvalue weighted by Gasteiger charge is 2.26. The van der Waals surface area contributed by atoms with Crippen LogP contribution in [-0.4, -0.2) is 37.0 Å². The topological polar surface area (TPSA) is 54.7 Å². The van der Waals surface area contributed by atoms with Crippen molar-refractivity contribution in [1.29, 1.82) is 0 Å². The number of carbonyl (C=O) groups is 1. The molecule has 25 heavy (non-hydrogen) atoms. The van der Waals surface area contributed by atoms with Crippen LogP contribution in [0.4, 0.5) is 0 Å². The molecule has 5 heteroatoms. The fraction of sp³-hybridized carbons (Fsp3) is 0.450. The van der Waals surface area contributed by atoms with Crippen molar-refractivity contribution in [3.05, 3.63) is 54.0 Å². The van der Waals surface area contributed by atoms with Crippen molar-refractivity contribution < 1.29 is 13.9 Å². The molecule has 1 fully saturated rings. The smallest absolute Gasteiger partial charge is 0.255 e. The Morgan fingerprint density at radius 3 is 2.76 bits per heavy atom. The fourth-order valence-electron chi connectivity index (χ4n) is 3.22. The minimum absolute atomic E-state index is 0.0742. The van der Waals surface area contributed by atoms with E-state index in [0.29, 0.717) is 24.5 Å². The van der Waals surface area contributed by atoms with E-state index in [1.165, 1.54) is 12.8 Å². The highest BCUT2D eigenvalue weighted by Crippen LogP contribution is 2.25. The molecule has 0 spiro atoms. The lowest BCUT2D eigenvalue weighted by Crippen LogP contribution is -2.36. The number of rotatable bonds is 8. The quantitative estimate of drug-likeness (QED) is 0.796. The molecule has 0 unspecified atom stereocenters. The van der Waals surface area contributed by atoms with E-state index in [0.717, 1.165) is 25.3 Å². The van der Waals surface area contributed by atoms with E-state index >= 15 is 0 Å². The Balaban J connectivity index is 1.67. The minimum Gasteiger partial charge on any atom is -0.493 e. The molecule has 2 heterocycles. The average molecular weight is 342 g/mol. The van der Waals surface area contributed by atoms with Crippen LogP contribution in [0.2, 0.25) is 0 Å². The molecule has 3 rings (SSSR count). The van der Waals surface area contributed by atoms with Crippen molar-refractivity contribution in [1.82, 2.24) is 10.2 Å². The van der Waals surface area contributed by atoms with Crippen LogP contribution in [0.3, 0.4) is 0 Å². The van der Waals surface area contributed by atoms with Crippen molar-refractivity contribution in [2.75, 3.05) is 26.2 Å². The molecule has 2 aromatic rings. The lowest BCUT2D eigenvalue weighted by Gasteiger charge is -2.26. The Bertz CT molecular complexity index is 663. The number of hydrogen-bond donors (Lipinski definition) is 1. The van der Waals surface area contributed by atoms with Crippen molar-refractivity contribution >= 4 is 5.91 Å². The first kappa shape index (κ1) is 17.5. The molecular weight excluding hydrogens is 316 g/mol. The molecule has 1 aromatic carbocycles. The van der Waals surface area contributed by atoms with E-state index < -0.39 is 0 Å². The highest BCUT2D eigenvalue weighted by molar-refractivity contribution is 5.96. The van der Waals surface area contributed by atoms with E-state index in [-0.39, 0.29) is 11.9 Å². The maximum Gasteiger partial charge on any atom is 0.255 e. The van der Waals surface area contributed by atoms with Crippen molar-refractivity contribution in [2.24, 2.45) is 0 Å². The Labute approximate surface area is 149 Å². The molecule has 1 saturated heterocycles. The van der Waals surface area contributed by atoms with E-state index in [2.05, 4.69) is 10.2 Å². The van der Waals surface area contributed by atoms with Gasteiger partial charge in [0.2, 0.25) is 0 Å². The van der Waals surface area contributed by atoms with Crippen LogP contribution in [0.1, 0.15) is 48.3 Å². The molecule has 0 saturated carbocycles. The summed E-state index contributed by atoms with van der Waals surface area (Å²) in [4.78, 5) is 15.1. The monoisotopic (exact) mass is 342 g/mol. The molecule has 0 aliphatic carbocycles. The number of ether oxygens (including phenoxy) is 1. The molecule has 0 bridgehead atoms. The van der Waals surface area contributed by atoms with Gasteiger partial charge in [0.15, 0.2) is 0 Å². The van der Waals surface area contributed by atoms with Gasteiger partial charge in [-0.25, -0.2) is 0 Å². The van der Waals surface area contributed by atoms with Gasteiger partial charge in [-0.3, -0.25) is 9.69 Å². The minimum atomic E-state index is -0.109. The summed E-state index contributed by atoms with van der Waals surface area (Å²) in [6.45, 7) is 5.25. The zero-order chi connectivity index (χ0) is 17.5. The van der Waals surface area contributed by atoms with Crippen LogP contribution in [0.5, 0.6) is 5.75 Å². The standard InChI is InChI=1S/C20H26N2O3/c1-2-13-24-18-9-4-3-8-16(18)20(23)21-15-17(19-10-7-14-25-19)22-11-5-6-12-22/h3-4,7-10,14,17H,2,5-6,11-13,15H2,1H3,(H,21,23)/t17-/m1/s1. The zero-order valence-corrected chi connectivity index (χ0v) is 14.7. The molecule has 1 amide bonds. The molecule has 134 valence electrons. The second-order valence-corrected chi connectivity index (χ2v) is 6.33. The Hall–Kier alpha value is -2.27.